The smallest absolute Gasteiger partial charge is 0.257 e. The Balaban J connectivity index is 2.41. The highest BCUT2D eigenvalue weighted by Gasteiger charge is 2.15. The summed E-state index contributed by atoms with van der Waals surface area (Å²) in [6.45, 7) is 14.9. The lowest BCUT2D eigenvalue weighted by Crippen LogP contribution is -2.45. The van der Waals surface area contributed by atoms with Gasteiger partial charge in [-0.3, -0.25) is 4.79 Å². The van der Waals surface area contributed by atoms with Crippen LogP contribution in [0.3, 0.4) is 0 Å². The maximum atomic E-state index is 12.0. The molecule has 0 heterocycles. The summed E-state index contributed by atoms with van der Waals surface area (Å²) in [7, 11) is 2.26. The fourth-order valence-corrected chi connectivity index (χ4v) is 2.67. The van der Waals surface area contributed by atoms with E-state index in [1.165, 1.54) is 0 Å². The fraction of sp³-hybridized carbons (Fsp3) is 0.650. The average Bonchev–Trinajstić information content (AvgIpc) is 2.56. The van der Waals surface area contributed by atoms with Crippen molar-refractivity contribution >= 4 is 5.91 Å². The van der Waals surface area contributed by atoms with Crippen molar-refractivity contribution in [1.29, 1.82) is 0 Å². The molecule has 1 aromatic carbocycles. The number of ether oxygens (including phenoxy) is 1. The van der Waals surface area contributed by atoms with Gasteiger partial charge in [-0.1, -0.05) is 26.0 Å². The van der Waals surface area contributed by atoms with Crippen molar-refractivity contribution in [2.24, 2.45) is 0 Å². The number of hydrogen-bond donors (Lipinski definition) is 1. The molecule has 1 rings (SSSR count). The molecule has 136 valence electrons. The molecule has 24 heavy (non-hydrogen) atoms. The van der Waals surface area contributed by atoms with E-state index >= 15 is 0 Å². The second-order valence-corrected chi connectivity index (χ2v) is 7.16. The molecule has 0 aliphatic carbocycles. The summed E-state index contributed by atoms with van der Waals surface area (Å²) in [6, 6.07) is 6.18. The second-order valence-electron chi connectivity index (χ2n) is 7.16. The number of amides is 1. The van der Waals surface area contributed by atoms with Crippen LogP contribution in [0.5, 0.6) is 5.75 Å². The third-order valence-corrected chi connectivity index (χ3v) is 4.87. The lowest BCUT2D eigenvalue weighted by molar-refractivity contribution is -0.906. The van der Waals surface area contributed by atoms with Gasteiger partial charge in [0.2, 0.25) is 0 Å². The minimum Gasteiger partial charge on any atom is -0.483 e. The molecule has 1 N–H and O–H groups in total. The lowest BCUT2D eigenvalue weighted by atomic mass is 10.0. The minimum atomic E-state index is -0.0478. The lowest BCUT2D eigenvalue weighted by Gasteiger charge is -2.32. The van der Waals surface area contributed by atoms with E-state index in [1.807, 2.05) is 13.0 Å². The van der Waals surface area contributed by atoms with E-state index < -0.39 is 0 Å². The number of nitrogens with one attached hydrogen (secondary N) is 1. The van der Waals surface area contributed by atoms with Gasteiger partial charge in [-0.05, 0) is 43.9 Å². The number of carbonyl (C=O) groups is 1. The molecule has 4 nitrogen and oxygen atoms in total. The molecule has 0 saturated heterocycles. The average molecular weight is 336 g/mol. The predicted octanol–water partition coefficient (Wildman–Crippen LogP) is 3.49. The number of benzene rings is 1. The van der Waals surface area contributed by atoms with E-state index in [9.17, 15) is 4.79 Å². The first kappa shape index (κ1) is 20.5. The first-order valence-corrected chi connectivity index (χ1v) is 9.15. The quantitative estimate of drug-likeness (QED) is 0.525. The molecule has 0 unspecified atom stereocenters. The molecule has 0 fully saturated rings. The largest absolute Gasteiger partial charge is 0.483 e. The first-order chi connectivity index (χ1) is 11.3. The van der Waals surface area contributed by atoms with E-state index in [0.29, 0.717) is 12.5 Å². The van der Waals surface area contributed by atoms with Crippen LogP contribution in [-0.4, -0.2) is 50.2 Å². The summed E-state index contributed by atoms with van der Waals surface area (Å²) in [5, 5.41) is 2.96. The van der Waals surface area contributed by atoms with Crippen molar-refractivity contribution in [3.05, 3.63) is 29.3 Å². The van der Waals surface area contributed by atoms with Gasteiger partial charge < -0.3 is 14.5 Å². The van der Waals surface area contributed by atoms with Crippen LogP contribution in [0.15, 0.2) is 18.2 Å². The Morgan fingerprint density at radius 1 is 1.25 bits per heavy atom. The third-order valence-electron chi connectivity index (χ3n) is 4.87. The third kappa shape index (κ3) is 6.52. The SMILES string of the molecule is CC[N+](C)(CC)CCCNC(=O)COc1cc(C)ccc1C(C)C. The van der Waals surface area contributed by atoms with Crippen LogP contribution in [0.2, 0.25) is 0 Å². The summed E-state index contributed by atoms with van der Waals surface area (Å²) in [4.78, 5) is 12.0. The predicted molar refractivity (Wildman–Crippen MR) is 101 cm³/mol. The molecule has 1 aromatic rings. The van der Waals surface area contributed by atoms with Crippen molar-refractivity contribution in [3.8, 4) is 5.75 Å². The Morgan fingerprint density at radius 2 is 1.92 bits per heavy atom. The van der Waals surface area contributed by atoms with E-state index in [1.54, 1.807) is 0 Å². The summed E-state index contributed by atoms with van der Waals surface area (Å²) in [5.74, 6) is 1.15. The van der Waals surface area contributed by atoms with Gasteiger partial charge >= 0.3 is 0 Å². The highest BCUT2D eigenvalue weighted by molar-refractivity contribution is 5.77. The highest BCUT2D eigenvalue weighted by Crippen LogP contribution is 2.27. The van der Waals surface area contributed by atoms with Crippen LogP contribution >= 0.6 is 0 Å². The fourth-order valence-electron chi connectivity index (χ4n) is 2.67. The van der Waals surface area contributed by atoms with Crippen molar-refractivity contribution in [2.45, 2.75) is 47.0 Å². The second kappa shape index (κ2) is 9.67. The van der Waals surface area contributed by atoms with Crippen LogP contribution in [0.25, 0.3) is 0 Å². The van der Waals surface area contributed by atoms with Crippen LogP contribution < -0.4 is 10.1 Å². The van der Waals surface area contributed by atoms with Crippen molar-refractivity contribution < 1.29 is 14.0 Å². The highest BCUT2D eigenvalue weighted by atomic mass is 16.5. The van der Waals surface area contributed by atoms with Crippen molar-refractivity contribution in [1.82, 2.24) is 5.32 Å². The van der Waals surface area contributed by atoms with Gasteiger partial charge in [-0.2, -0.15) is 0 Å². The van der Waals surface area contributed by atoms with Crippen LogP contribution in [0.4, 0.5) is 0 Å². The molecule has 1 amide bonds. The summed E-state index contributed by atoms with van der Waals surface area (Å²) >= 11 is 0. The molecular formula is C20H35N2O2+. The number of hydrogen-bond acceptors (Lipinski definition) is 2. The Morgan fingerprint density at radius 3 is 2.50 bits per heavy atom. The van der Waals surface area contributed by atoms with Crippen molar-refractivity contribution in [3.63, 3.8) is 0 Å². The molecule has 0 aliphatic rings. The van der Waals surface area contributed by atoms with Gasteiger partial charge in [0, 0.05) is 13.0 Å². The molecule has 0 spiro atoms. The Kier molecular flexibility index (Phi) is 8.26. The summed E-state index contributed by atoms with van der Waals surface area (Å²) < 4.78 is 6.81. The van der Waals surface area contributed by atoms with E-state index in [-0.39, 0.29) is 12.5 Å². The number of nitrogens with zero attached hydrogens (tertiary/aromatic N) is 1. The molecule has 0 atom stereocenters. The molecule has 4 heteroatoms. The maximum Gasteiger partial charge on any atom is 0.257 e. The number of quaternary nitrogens is 1. The number of carbonyl (C=O) groups excluding carboxylic acids is 1. The van der Waals surface area contributed by atoms with Crippen LogP contribution in [0, 0.1) is 6.92 Å². The van der Waals surface area contributed by atoms with Gasteiger partial charge in [0.15, 0.2) is 6.61 Å². The zero-order valence-corrected chi connectivity index (χ0v) is 16.3. The summed E-state index contributed by atoms with van der Waals surface area (Å²) in [6.07, 6.45) is 0.992. The Labute approximate surface area is 147 Å². The molecule has 0 radical (unpaired) electrons. The van der Waals surface area contributed by atoms with Gasteiger partial charge in [0.25, 0.3) is 5.91 Å². The van der Waals surface area contributed by atoms with E-state index in [0.717, 1.165) is 47.4 Å². The molecule has 0 bridgehead atoms. The molecule has 0 aromatic heterocycles. The minimum absolute atomic E-state index is 0.0478. The zero-order valence-electron chi connectivity index (χ0n) is 16.3. The maximum absolute atomic E-state index is 12.0. The normalized spacial score (nSPS) is 11.6. The van der Waals surface area contributed by atoms with Gasteiger partial charge in [-0.15, -0.1) is 0 Å². The Hall–Kier alpha value is -1.55. The topological polar surface area (TPSA) is 38.3 Å². The van der Waals surface area contributed by atoms with E-state index in [2.05, 4.69) is 52.2 Å². The summed E-state index contributed by atoms with van der Waals surface area (Å²) in [5.41, 5.74) is 2.29. The van der Waals surface area contributed by atoms with Crippen molar-refractivity contribution in [2.75, 3.05) is 39.8 Å². The Bertz CT molecular complexity index is 522. The molecular weight excluding hydrogens is 300 g/mol. The molecule has 0 aliphatic heterocycles. The van der Waals surface area contributed by atoms with Gasteiger partial charge in [-0.25, -0.2) is 0 Å². The standard InChI is InChI=1S/C20H34N2O2/c1-7-22(6,8-2)13-9-12-21-20(23)15-24-19-14-17(5)10-11-18(19)16(3)4/h10-11,14,16H,7-9,12-13,15H2,1-6H3/p+1. The van der Waals surface area contributed by atoms with Gasteiger partial charge in [0.05, 0.1) is 26.7 Å². The number of rotatable bonds is 10. The first-order valence-electron chi connectivity index (χ1n) is 9.15. The van der Waals surface area contributed by atoms with E-state index in [4.69, 9.17) is 4.74 Å². The zero-order chi connectivity index (χ0) is 18.2. The van der Waals surface area contributed by atoms with Gasteiger partial charge in [0.1, 0.15) is 5.75 Å². The molecule has 0 saturated carbocycles. The van der Waals surface area contributed by atoms with Crippen LogP contribution in [-0.2, 0) is 4.79 Å². The number of aryl methyl sites for hydroxylation is 1. The monoisotopic (exact) mass is 335 g/mol. The van der Waals surface area contributed by atoms with Crippen LogP contribution in [0.1, 0.15) is 51.2 Å².